The molecule has 1 fully saturated rings. The number of esters is 1. The molecule has 0 saturated heterocycles. The van der Waals surface area contributed by atoms with Gasteiger partial charge in [-0.1, -0.05) is 54.6 Å². The van der Waals surface area contributed by atoms with E-state index in [0.29, 0.717) is 5.92 Å². The van der Waals surface area contributed by atoms with Crippen molar-refractivity contribution in [1.82, 2.24) is 10.3 Å². The van der Waals surface area contributed by atoms with Gasteiger partial charge in [-0.05, 0) is 18.8 Å². The van der Waals surface area contributed by atoms with Gasteiger partial charge in [-0.25, -0.2) is 9.78 Å². The number of carbonyl (C=O) groups excluding carboxylic acids is 2. The molecule has 24 heavy (non-hydrogen) atoms. The van der Waals surface area contributed by atoms with Crippen molar-refractivity contribution >= 4 is 52.4 Å². The Balaban J connectivity index is 1.94. The highest BCUT2D eigenvalue weighted by Gasteiger charge is 2.24. The summed E-state index contributed by atoms with van der Waals surface area (Å²) in [6.07, 6.45) is 4.26. The number of nitrogens with zero attached hydrogens (tertiary/aromatic N) is 1. The van der Waals surface area contributed by atoms with Crippen LogP contribution in [0.4, 0.5) is 5.69 Å². The molecule has 9 heteroatoms. The second-order valence-corrected chi connectivity index (χ2v) is 6.92. The minimum atomic E-state index is -0.892. The van der Waals surface area contributed by atoms with Gasteiger partial charge in [0.2, 0.25) is 0 Å². The van der Waals surface area contributed by atoms with Crippen LogP contribution in [0.5, 0.6) is 0 Å². The molecule has 132 valence electrons. The van der Waals surface area contributed by atoms with Crippen LogP contribution in [0.3, 0.4) is 0 Å². The summed E-state index contributed by atoms with van der Waals surface area (Å²) in [5.74, 6) is -0.854. The Morgan fingerprint density at radius 3 is 2.58 bits per heavy atom. The second kappa shape index (κ2) is 8.23. The smallest absolute Gasteiger partial charge is 0.359 e. The summed E-state index contributed by atoms with van der Waals surface area (Å²) in [7, 11) is 0. The Labute approximate surface area is 155 Å². The lowest BCUT2D eigenvalue weighted by molar-refractivity contribution is -0.125. The molecule has 1 amide bonds. The number of amides is 1. The molecule has 2 rings (SSSR count). The molecule has 0 spiro atoms. The minimum Gasteiger partial charge on any atom is -0.451 e. The van der Waals surface area contributed by atoms with E-state index in [4.69, 9.17) is 45.3 Å². The fourth-order valence-electron chi connectivity index (χ4n) is 2.65. The summed E-state index contributed by atoms with van der Waals surface area (Å²) in [5, 5.41) is 2.52. The van der Waals surface area contributed by atoms with Crippen LogP contribution in [0.15, 0.2) is 0 Å². The van der Waals surface area contributed by atoms with Crippen molar-refractivity contribution in [3.05, 3.63) is 20.9 Å². The van der Waals surface area contributed by atoms with Crippen LogP contribution in [0, 0.1) is 5.92 Å². The maximum absolute atomic E-state index is 12.0. The van der Waals surface area contributed by atoms with E-state index in [0.717, 1.165) is 19.3 Å². The lowest BCUT2D eigenvalue weighted by atomic mass is 9.86. The number of hydrogen-bond acceptors (Lipinski definition) is 5. The zero-order valence-electron chi connectivity index (χ0n) is 13.1. The fourth-order valence-corrected chi connectivity index (χ4v) is 3.23. The molecule has 1 aliphatic carbocycles. The number of halogens is 3. The zero-order chi connectivity index (χ0) is 17.9. The highest BCUT2D eigenvalue weighted by atomic mass is 35.5. The van der Waals surface area contributed by atoms with E-state index < -0.39 is 12.6 Å². The van der Waals surface area contributed by atoms with Crippen molar-refractivity contribution < 1.29 is 14.3 Å². The number of hydrogen-bond donors (Lipinski definition) is 2. The van der Waals surface area contributed by atoms with E-state index in [1.165, 1.54) is 6.42 Å². The standard InChI is InChI=1S/C15H18Cl3N3O3/c1-7-4-2-3-5-8(7)20-9(22)6-24-15(23)13-10(16)12(19)11(17)14(18)21-13/h7-8H,2-6H2,1H3,(H2,19,21)(H,20,22)/t7-,8+/m1/s1. The number of anilines is 1. The lowest BCUT2D eigenvalue weighted by Crippen LogP contribution is -2.42. The zero-order valence-corrected chi connectivity index (χ0v) is 15.3. The second-order valence-electron chi connectivity index (χ2n) is 5.80. The molecule has 0 radical (unpaired) electrons. The Morgan fingerprint density at radius 1 is 1.25 bits per heavy atom. The van der Waals surface area contributed by atoms with Crippen molar-refractivity contribution in [3.63, 3.8) is 0 Å². The number of nitrogens with one attached hydrogen (secondary N) is 1. The molecule has 1 heterocycles. The fraction of sp³-hybridized carbons (Fsp3) is 0.533. The highest BCUT2D eigenvalue weighted by molar-refractivity contribution is 6.46. The molecular formula is C15H18Cl3N3O3. The lowest BCUT2D eigenvalue weighted by Gasteiger charge is -2.29. The number of nitrogen functional groups attached to an aromatic ring is 1. The molecule has 0 aliphatic heterocycles. The average Bonchev–Trinajstić information content (AvgIpc) is 2.56. The first-order chi connectivity index (χ1) is 11.3. The molecule has 1 saturated carbocycles. The molecule has 6 nitrogen and oxygen atoms in total. The number of rotatable bonds is 4. The molecule has 0 aromatic carbocycles. The number of nitrogens with two attached hydrogens (primary N) is 1. The first kappa shape index (κ1) is 19.1. The van der Waals surface area contributed by atoms with Crippen LogP contribution in [-0.2, 0) is 9.53 Å². The van der Waals surface area contributed by atoms with Gasteiger partial charge in [-0.3, -0.25) is 4.79 Å². The van der Waals surface area contributed by atoms with E-state index in [1.807, 2.05) is 0 Å². The predicted octanol–water partition coefficient (Wildman–Crippen LogP) is 3.48. The number of ether oxygens (including phenoxy) is 1. The van der Waals surface area contributed by atoms with Crippen LogP contribution in [0.1, 0.15) is 43.1 Å². The average molecular weight is 395 g/mol. The third-order valence-electron chi connectivity index (χ3n) is 4.06. The summed E-state index contributed by atoms with van der Waals surface area (Å²) in [5.41, 5.74) is 5.30. The highest BCUT2D eigenvalue weighted by Crippen LogP contribution is 2.34. The van der Waals surface area contributed by atoms with Crippen molar-refractivity contribution in [3.8, 4) is 0 Å². The number of pyridine rings is 1. The first-order valence-corrected chi connectivity index (χ1v) is 8.71. The van der Waals surface area contributed by atoms with Gasteiger partial charge in [0.1, 0.15) is 5.02 Å². The molecule has 1 aliphatic rings. The van der Waals surface area contributed by atoms with E-state index in [9.17, 15) is 9.59 Å². The largest absolute Gasteiger partial charge is 0.451 e. The third kappa shape index (κ3) is 4.43. The van der Waals surface area contributed by atoms with Gasteiger partial charge in [0, 0.05) is 6.04 Å². The Hall–Kier alpha value is -1.24. The quantitative estimate of drug-likeness (QED) is 0.602. The molecule has 3 N–H and O–H groups in total. The van der Waals surface area contributed by atoms with Crippen LogP contribution < -0.4 is 11.1 Å². The van der Waals surface area contributed by atoms with Crippen LogP contribution in [-0.4, -0.2) is 29.5 Å². The van der Waals surface area contributed by atoms with Crippen LogP contribution >= 0.6 is 34.8 Å². The van der Waals surface area contributed by atoms with Gasteiger partial charge < -0.3 is 15.8 Å². The molecule has 0 unspecified atom stereocenters. The van der Waals surface area contributed by atoms with Gasteiger partial charge in [-0.2, -0.15) is 0 Å². The molecule has 0 bridgehead atoms. The monoisotopic (exact) mass is 393 g/mol. The van der Waals surface area contributed by atoms with Crippen molar-refractivity contribution in [2.45, 2.75) is 38.6 Å². The Bertz CT molecular complexity index is 655. The number of carbonyl (C=O) groups is 2. The minimum absolute atomic E-state index is 0.0396. The van der Waals surface area contributed by atoms with Crippen molar-refractivity contribution in [1.29, 1.82) is 0 Å². The Kier molecular flexibility index (Phi) is 6.54. The predicted molar refractivity (Wildman–Crippen MR) is 93.5 cm³/mol. The van der Waals surface area contributed by atoms with Gasteiger partial charge in [-0.15, -0.1) is 0 Å². The molecular weight excluding hydrogens is 377 g/mol. The van der Waals surface area contributed by atoms with E-state index in [1.54, 1.807) is 0 Å². The summed E-state index contributed by atoms with van der Waals surface area (Å²) < 4.78 is 4.94. The van der Waals surface area contributed by atoms with Gasteiger partial charge >= 0.3 is 5.97 Å². The van der Waals surface area contributed by atoms with Crippen LogP contribution in [0.2, 0.25) is 15.2 Å². The molecule has 1 aromatic rings. The summed E-state index contributed by atoms with van der Waals surface area (Å²) in [6, 6.07) is 0.104. The Morgan fingerprint density at radius 2 is 1.92 bits per heavy atom. The third-order valence-corrected chi connectivity index (χ3v) is 5.19. The number of aromatic nitrogens is 1. The van der Waals surface area contributed by atoms with E-state index in [-0.39, 0.29) is 38.5 Å². The van der Waals surface area contributed by atoms with Gasteiger partial charge in [0.25, 0.3) is 5.91 Å². The SMILES string of the molecule is C[C@@H]1CCCC[C@@H]1NC(=O)COC(=O)c1nc(Cl)c(Cl)c(N)c1Cl. The summed E-state index contributed by atoms with van der Waals surface area (Å²) >= 11 is 17.5. The summed E-state index contributed by atoms with van der Waals surface area (Å²) in [4.78, 5) is 27.7. The van der Waals surface area contributed by atoms with Gasteiger partial charge in [0.05, 0.1) is 10.7 Å². The normalized spacial score (nSPS) is 20.5. The topological polar surface area (TPSA) is 94.3 Å². The maximum Gasteiger partial charge on any atom is 0.359 e. The van der Waals surface area contributed by atoms with Gasteiger partial charge in [0.15, 0.2) is 17.5 Å². The maximum atomic E-state index is 12.0. The van der Waals surface area contributed by atoms with Crippen LogP contribution in [0.25, 0.3) is 0 Å². The van der Waals surface area contributed by atoms with Crippen molar-refractivity contribution in [2.75, 3.05) is 12.3 Å². The first-order valence-electron chi connectivity index (χ1n) is 7.57. The molecule has 1 aromatic heterocycles. The van der Waals surface area contributed by atoms with E-state index in [2.05, 4.69) is 17.2 Å². The van der Waals surface area contributed by atoms with Crippen molar-refractivity contribution in [2.24, 2.45) is 5.92 Å². The van der Waals surface area contributed by atoms with E-state index >= 15 is 0 Å². The molecule has 2 atom stereocenters. The summed E-state index contributed by atoms with van der Waals surface area (Å²) in [6.45, 7) is 1.67.